The van der Waals surface area contributed by atoms with E-state index >= 15 is 0 Å². The standard InChI is InChI=1S/C16H15FN2O2S/c1-9-6-13(10(2)14(17)7-9)11-4-5-12-15(8-11)18-19-16(12)22(3,20)21/h4-8H,1-3H3,(H,18,19). The quantitative estimate of drug-likeness (QED) is 0.788. The van der Waals surface area contributed by atoms with Crippen molar-refractivity contribution in [2.45, 2.75) is 18.9 Å². The van der Waals surface area contributed by atoms with E-state index in [1.54, 1.807) is 25.1 Å². The van der Waals surface area contributed by atoms with Gasteiger partial charge in [0.15, 0.2) is 14.9 Å². The molecule has 1 N–H and O–H groups in total. The van der Waals surface area contributed by atoms with Crippen LogP contribution in [0.3, 0.4) is 0 Å². The van der Waals surface area contributed by atoms with Gasteiger partial charge in [0.25, 0.3) is 0 Å². The lowest BCUT2D eigenvalue weighted by molar-refractivity contribution is 0.598. The fourth-order valence-corrected chi connectivity index (χ4v) is 3.34. The van der Waals surface area contributed by atoms with Crippen molar-refractivity contribution in [3.05, 3.63) is 47.3 Å². The summed E-state index contributed by atoms with van der Waals surface area (Å²) in [4.78, 5) is 0. The second-order valence-electron chi connectivity index (χ2n) is 5.48. The third-order valence-corrected chi connectivity index (χ3v) is 4.74. The number of hydrogen-bond donors (Lipinski definition) is 1. The smallest absolute Gasteiger partial charge is 0.192 e. The van der Waals surface area contributed by atoms with E-state index in [1.165, 1.54) is 6.07 Å². The highest BCUT2D eigenvalue weighted by atomic mass is 32.2. The monoisotopic (exact) mass is 318 g/mol. The molecule has 0 unspecified atom stereocenters. The molecule has 1 aromatic heterocycles. The number of halogens is 1. The Hall–Kier alpha value is -2.21. The summed E-state index contributed by atoms with van der Waals surface area (Å²) >= 11 is 0. The van der Waals surface area contributed by atoms with Crippen LogP contribution in [0.2, 0.25) is 0 Å². The second kappa shape index (κ2) is 4.91. The summed E-state index contributed by atoms with van der Waals surface area (Å²) in [5.74, 6) is -0.256. The molecule has 0 aliphatic carbocycles. The van der Waals surface area contributed by atoms with Crippen molar-refractivity contribution >= 4 is 20.7 Å². The van der Waals surface area contributed by atoms with Crippen LogP contribution in [0.15, 0.2) is 35.4 Å². The van der Waals surface area contributed by atoms with E-state index in [0.29, 0.717) is 16.5 Å². The lowest BCUT2D eigenvalue weighted by atomic mass is 9.97. The van der Waals surface area contributed by atoms with Crippen LogP contribution in [-0.4, -0.2) is 24.9 Å². The highest BCUT2D eigenvalue weighted by Crippen LogP contribution is 2.30. The molecular formula is C16H15FN2O2S. The molecule has 0 saturated heterocycles. The number of aromatic nitrogens is 2. The number of aryl methyl sites for hydroxylation is 1. The van der Waals surface area contributed by atoms with Gasteiger partial charge in [-0.05, 0) is 54.3 Å². The summed E-state index contributed by atoms with van der Waals surface area (Å²) in [6.07, 6.45) is 1.13. The summed E-state index contributed by atoms with van der Waals surface area (Å²) in [5, 5.41) is 7.24. The van der Waals surface area contributed by atoms with E-state index in [4.69, 9.17) is 0 Å². The van der Waals surface area contributed by atoms with Gasteiger partial charge in [-0.15, -0.1) is 0 Å². The molecule has 1 heterocycles. The van der Waals surface area contributed by atoms with Gasteiger partial charge in [-0.3, -0.25) is 5.10 Å². The van der Waals surface area contributed by atoms with E-state index < -0.39 is 9.84 Å². The third kappa shape index (κ3) is 2.39. The molecule has 3 aromatic rings. The van der Waals surface area contributed by atoms with E-state index in [9.17, 15) is 12.8 Å². The summed E-state index contributed by atoms with van der Waals surface area (Å²) in [6.45, 7) is 3.56. The van der Waals surface area contributed by atoms with Crippen LogP contribution in [0.25, 0.3) is 22.0 Å². The maximum Gasteiger partial charge on any atom is 0.192 e. The molecule has 114 valence electrons. The van der Waals surface area contributed by atoms with E-state index in [-0.39, 0.29) is 10.8 Å². The molecule has 2 aromatic carbocycles. The van der Waals surface area contributed by atoms with Gasteiger partial charge in [-0.25, -0.2) is 12.8 Å². The van der Waals surface area contributed by atoms with E-state index in [2.05, 4.69) is 10.2 Å². The number of nitrogens with one attached hydrogen (secondary N) is 1. The fourth-order valence-electron chi connectivity index (χ4n) is 2.55. The lowest BCUT2D eigenvalue weighted by Crippen LogP contribution is -1.97. The average molecular weight is 318 g/mol. The van der Waals surface area contributed by atoms with Gasteiger partial charge >= 0.3 is 0 Å². The van der Waals surface area contributed by atoms with Gasteiger partial charge in [0.2, 0.25) is 0 Å². The number of sulfone groups is 1. The number of aromatic amines is 1. The Bertz CT molecular complexity index is 991. The fraction of sp³-hybridized carbons (Fsp3) is 0.188. The molecule has 0 spiro atoms. The van der Waals surface area contributed by atoms with Crippen molar-refractivity contribution in [2.24, 2.45) is 0 Å². The summed E-state index contributed by atoms with van der Waals surface area (Å²) < 4.78 is 37.3. The minimum atomic E-state index is -3.36. The van der Waals surface area contributed by atoms with Gasteiger partial charge in [0.05, 0.1) is 5.52 Å². The molecule has 0 aliphatic rings. The number of hydrogen-bond acceptors (Lipinski definition) is 3. The molecule has 0 aliphatic heterocycles. The molecule has 0 saturated carbocycles. The average Bonchev–Trinajstić information content (AvgIpc) is 2.85. The van der Waals surface area contributed by atoms with Crippen LogP contribution in [0.4, 0.5) is 4.39 Å². The van der Waals surface area contributed by atoms with Crippen LogP contribution in [0.1, 0.15) is 11.1 Å². The minimum absolute atomic E-state index is 0.0983. The topological polar surface area (TPSA) is 62.8 Å². The molecule has 4 nitrogen and oxygen atoms in total. The Morgan fingerprint density at radius 2 is 1.86 bits per heavy atom. The van der Waals surface area contributed by atoms with Crippen molar-refractivity contribution in [1.29, 1.82) is 0 Å². The Morgan fingerprint density at radius 1 is 1.14 bits per heavy atom. The largest absolute Gasteiger partial charge is 0.266 e. The number of nitrogens with zero attached hydrogens (tertiary/aromatic N) is 1. The van der Waals surface area contributed by atoms with Crippen molar-refractivity contribution in [3.8, 4) is 11.1 Å². The first kappa shape index (κ1) is 14.7. The molecule has 3 rings (SSSR count). The predicted molar refractivity (Wildman–Crippen MR) is 84.1 cm³/mol. The molecule has 0 fully saturated rings. The molecule has 0 bridgehead atoms. The summed E-state index contributed by atoms with van der Waals surface area (Å²) in [7, 11) is -3.36. The van der Waals surface area contributed by atoms with Crippen LogP contribution < -0.4 is 0 Å². The van der Waals surface area contributed by atoms with Crippen LogP contribution in [0, 0.1) is 19.7 Å². The van der Waals surface area contributed by atoms with E-state index in [1.807, 2.05) is 13.0 Å². The van der Waals surface area contributed by atoms with Gasteiger partial charge in [0, 0.05) is 11.6 Å². The Kier molecular flexibility index (Phi) is 3.29. The highest BCUT2D eigenvalue weighted by Gasteiger charge is 2.16. The van der Waals surface area contributed by atoms with Gasteiger partial charge < -0.3 is 0 Å². The molecule has 0 amide bonds. The summed E-state index contributed by atoms with van der Waals surface area (Å²) in [5.41, 5.74) is 3.52. The van der Waals surface area contributed by atoms with E-state index in [0.717, 1.165) is 22.9 Å². The maximum absolute atomic E-state index is 13.9. The van der Waals surface area contributed by atoms with Crippen molar-refractivity contribution in [1.82, 2.24) is 10.2 Å². The third-order valence-electron chi connectivity index (χ3n) is 3.69. The first-order valence-electron chi connectivity index (χ1n) is 6.72. The number of benzene rings is 2. The Balaban J connectivity index is 2.23. The molecular weight excluding hydrogens is 303 g/mol. The first-order valence-corrected chi connectivity index (χ1v) is 8.62. The molecule has 0 radical (unpaired) electrons. The van der Waals surface area contributed by atoms with Crippen LogP contribution in [0.5, 0.6) is 0 Å². The summed E-state index contributed by atoms with van der Waals surface area (Å²) in [6, 6.07) is 8.65. The van der Waals surface area contributed by atoms with Crippen LogP contribution >= 0.6 is 0 Å². The highest BCUT2D eigenvalue weighted by molar-refractivity contribution is 7.90. The number of H-pyrrole nitrogens is 1. The zero-order valence-corrected chi connectivity index (χ0v) is 13.3. The van der Waals surface area contributed by atoms with Gasteiger partial charge in [-0.2, -0.15) is 5.10 Å². The molecule has 6 heteroatoms. The van der Waals surface area contributed by atoms with Gasteiger partial charge in [0.1, 0.15) is 5.82 Å². The number of fused-ring (bicyclic) bond motifs is 1. The zero-order chi connectivity index (χ0) is 16.1. The van der Waals surface area contributed by atoms with Crippen LogP contribution in [-0.2, 0) is 9.84 Å². The maximum atomic E-state index is 13.9. The van der Waals surface area contributed by atoms with Crippen molar-refractivity contribution in [2.75, 3.05) is 6.26 Å². The minimum Gasteiger partial charge on any atom is -0.266 e. The number of rotatable bonds is 2. The normalized spacial score (nSPS) is 12.0. The first-order chi connectivity index (χ1) is 10.3. The SMILES string of the molecule is Cc1cc(F)c(C)c(-c2ccc3c(S(C)(=O)=O)[nH]nc3c2)c1. The second-order valence-corrected chi connectivity index (χ2v) is 7.43. The Labute approximate surface area is 127 Å². The lowest BCUT2D eigenvalue weighted by Gasteiger charge is -2.09. The van der Waals surface area contributed by atoms with Gasteiger partial charge in [-0.1, -0.05) is 12.1 Å². The van der Waals surface area contributed by atoms with Crippen molar-refractivity contribution in [3.63, 3.8) is 0 Å². The Morgan fingerprint density at radius 3 is 2.55 bits per heavy atom. The van der Waals surface area contributed by atoms with Crippen molar-refractivity contribution < 1.29 is 12.8 Å². The molecule has 0 atom stereocenters. The zero-order valence-electron chi connectivity index (χ0n) is 12.4. The molecule has 22 heavy (non-hydrogen) atoms. The predicted octanol–water partition coefficient (Wildman–Crippen LogP) is 3.39.